The van der Waals surface area contributed by atoms with E-state index in [1.54, 1.807) is 0 Å². The first-order chi connectivity index (χ1) is 11.7. The minimum atomic E-state index is 0.203. The molecule has 0 fully saturated rings. The molecule has 2 rings (SSSR count). The van der Waals surface area contributed by atoms with E-state index >= 15 is 0 Å². The standard InChI is InChI=1S/C16H26N4O2.C2H6/c1-19(9-5-18-6-11-21)7-2-8-20-10-12-22-16-13-14(17)3-4-15(16)20;1-2/h3-5,9,13,18,21H,2,6-8,10-12,17H2,1H3;1-2H3/p+1/b9-5-;. The molecule has 1 aromatic rings. The number of ether oxygens (including phenoxy) is 1. The van der Waals surface area contributed by atoms with Crippen molar-refractivity contribution < 1.29 is 15.2 Å². The van der Waals surface area contributed by atoms with Crippen molar-refractivity contribution in [2.45, 2.75) is 20.3 Å². The molecule has 6 heteroatoms. The van der Waals surface area contributed by atoms with Crippen molar-refractivity contribution in [2.75, 3.05) is 57.1 Å². The summed E-state index contributed by atoms with van der Waals surface area (Å²) in [7, 11) is 2.07. The second-order valence-corrected chi connectivity index (χ2v) is 5.49. The average Bonchev–Trinajstić information content (AvgIpc) is 2.60. The first-order valence-electron chi connectivity index (χ1n) is 8.79. The van der Waals surface area contributed by atoms with Crippen molar-refractivity contribution in [3.8, 4) is 5.75 Å². The van der Waals surface area contributed by atoms with Crippen LogP contribution in [0.2, 0.25) is 0 Å². The molecule has 0 aromatic heterocycles. The lowest BCUT2D eigenvalue weighted by atomic mass is 10.2. The number of nitrogens with zero attached hydrogens (tertiary/aromatic N) is 2. The molecule has 0 amide bonds. The molecule has 0 spiro atoms. The summed E-state index contributed by atoms with van der Waals surface area (Å²) in [6.45, 7) is 8.53. The van der Waals surface area contributed by atoms with E-state index in [0.29, 0.717) is 13.2 Å². The second-order valence-electron chi connectivity index (χ2n) is 5.49. The largest absolute Gasteiger partial charge is 0.489 e. The molecular weight excluding hydrogens is 304 g/mol. The SMILES string of the molecule is CC.CN(/C=C\[NH2+]CCO)CCCN1CCOc2cc(N)ccc21. The van der Waals surface area contributed by atoms with Gasteiger partial charge in [0.1, 0.15) is 25.1 Å². The summed E-state index contributed by atoms with van der Waals surface area (Å²) in [6, 6.07) is 5.86. The lowest BCUT2D eigenvalue weighted by Gasteiger charge is -2.31. The van der Waals surface area contributed by atoms with Crippen LogP contribution in [-0.4, -0.2) is 56.4 Å². The van der Waals surface area contributed by atoms with Crippen molar-refractivity contribution in [1.29, 1.82) is 0 Å². The maximum Gasteiger partial charge on any atom is 0.144 e. The predicted octanol–water partition coefficient (Wildman–Crippen LogP) is 0.843. The number of fused-ring (bicyclic) bond motifs is 1. The normalized spacial score (nSPS) is 13.1. The first kappa shape index (κ1) is 20.1. The fraction of sp³-hybridized carbons (Fsp3) is 0.556. The molecular formula is C18H33N4O2+. The number of aliphatic hydroxyl groups is 1. The summed E-state index contributed by atoms with van der Waals surface area (Å²) in [5.74, 6) is 0.887. The molecule has 1 aliphatic rings. The molecule has 0 unspecified atom stereocenters. The Morgan fingerprint density at radius 1 is 1.42 bits per heavy atom. The van der Waals surface area contributed by atoms with Crippen LogP contribution >= 0.6 is 0 Å². The fourth-order valence-electron chi connectivity index (χ4n) is 2.49. The van der Waals surface area contributed by atoms with E-state index in [0.717, 1.165) is 43.2 Å². The van der Waals surface area contributed by atoms with Gasteiger partial charge < -0.3 is 30.7 Å². The van der Waals surface area contributed by atoms with E-state index in [1.807, 2.05) is 49.8 Å². The van der Waals surface area contributed by atoms with Gasteiger partial charge in [-0.05, 0) is 18.6 Å². The van der Waals surface area contributed by atoms with E-state index in [4.69, 9.17) is 15.6 Å². The summed E-state index contributed by atoms with van der Waals surface area (Å²) in [6.07, 6.45) is 5.11. The van der Waals surface area contributed by atoms with Gasteiger partial charge >= 0.3 is 0 Å². The number of benzene rings is 1. The Balaban J connectivity index is 0.00000139. The maximum atomic E-state index is 8.71. The van der Waals surface area contributed by atoms with Crippen molar-refractivity contribution in [1.82, 2.24) is 4.90 Å². The molecule has 6 nitrogen and oxygen atoms in total. The smallest absolute Gasteiger partial charge is 0.144 e. The molecule has 0 bridgehead atoms. The van der Waals surface area contributed by atoms with E-state index in [-0.39, 0.29) is 6.61 Å². The number of hydrogen-bond donors (Lipinski definition) is 3. The van der Waals surface area contributed by atoms with Crippen molar-refractivity contribution in [3.63, 3.8) is 0 Å². The highest BCUT2D eigenvalue weighted by molar-refractivity contribution is 5.65. The zero-order valence-electron chi connectivity index (χ0n) is 15.2. The zero-order valence-corrected chi connectivity index (χ0v) is 15.2. The quantitative estimate of drug-likeness (QED) is 0.484. The van der Waals surface area contributed by atoms with Gasteiger partial charge in [0, 0.05) is 31.9 Å². The Morgan fingerprint density at radius 3 is 2.96 bits per heavy atom. The highest BCUT2D eigenvalue weighted by atomic mass is 16.5. The lowest BCUT2D eigenvalue weighted by Crippen LogP contribution is -2.79. The molecule has 136 valence electrons. The molecule has 0 radical (unpaired) electrons. The Hall–Kier alpha value is -1.92. The van der Waals surface area contributed by atoms with Gasteiger partial charge in [-0.25, -0.2) is 0 Å². The topological polar surface area (TPSA) is 78.6 Å². The molecule has 0 aliphatic carbocycles. The number of quaternary nitrogens is 1. The summed E-state index contributed by atoms with van der Waals surface area (Å²) < 4.78 is 5.67. The number of nitrogens with two attached hydrogens (primary N) is 2. The van der Waals surface area contributed by atoms with E-state index in [9.17, 15) is 0 Å². The number of aliphatic hydroxyl groups excluding tert-OH is 1. The third-order valence-electron chi connectivity index (χ3n) is 3.65. The first-order valence-corrected chi connectivity index (χ1v) is 8.79. The van der Waals surface area contributed by atoms with Crippen LogP contribution in [0.25, 0.3) is 0 Å². The van der Waals surface area contributed by atoms with Gasteiger partial charge in [0.15, 0.2) is 0 Å². The van der Waals surface area contributed by atoms with Gasteiger partial charge in [-0.15, -0.1) is 0 Å². The van der Waals surface area contributed by atoms with Gasteiger partial charge in [-0.2, -0.15) is 0 Å². The Morgan fingerprint density at radius 2 is 2.21 bits per heavy atom. The third-order valence-corrected chi connectivity index (χ3v) is 3.65. The minimum Gasteiger partial charge on any atom is -0.489 e. The molecule has 0 atom stereocenters. The summed E-state index contributed by atoms with van der Waals surface area (Å²) >= 11 is 0. The molecule has 1 heterocycles. The van der Waals surface area contributed by atoms with Gasteiger partial charge in [0.05, 0.1) is 25.0 Å². The Labute approximate surface area is 145 Å². The second kappa shape index (κ2) is 11.6. The number of anilines is 2. The van der Waals surface area contributed by atoms with Gasteiger partial charge in [0.25, 0.3) is 0 Å². The lowest BCUT2D eigenvalue weighted by molar-refractivity contribution is -0.590. The van der Waals surface area contributed by atoms with Gasteiger partial charge in [-0.3, -0.25) is 0 Å². The van der Waals surface area contributed by atoms with Crippen LogP contribution in [0.1, 0.15) is 20.3 Å². The van der Waals surface area contributed by atoms with E-state index < -0.39 is 0 Å². The van der Waals surface area contributed by atoms with E-state index in [2.05, 4.69) is 16.8 Å². The summed E-state index contributed by atoms with van der Waals surface area (Å²) in [5.41, 5.74) is 7.68. The third kappa shape index (κ3) is 6.68. The predicted molar refractivity (Wildman–Crippen MR) is 100 cm³/mol. The number of rotatable bonds is 8. The number of hydrogen-bond acceptors (Lipinski definition) is 5. The van der Waals surface area contributed by atoms with Crippen LogP contribution in [0.5, 0.6) is 5.75 Å². The molecule has 1 aliphatic heterocycles. The molecule has 5 N–H and O–H groups in total. The van der Waals surface area contributed by atoms with Crippen LogP contribution in [0, 0.1) is 0 Å². The minimum absolute atomic E-state index is 0.203. The summed E-state index contributed by atoms with van der Waals surface area (Å²) in [4.78, 5) is 4.52. The highest BCUT2D eigenvalue weighted by Crippen LogP contribution is 2.33. The van der Waals surface area contributed by atoms with Gasteiger partial charge in [0.2, 0.25) is 0 Å². The molecule has 24 heavy (non-hydrogen) atoms. The molecule has 1 aromatic carbocycles. The zero-order chi connectivity index (χ0) is 17.8. The molecule has 0 saturated carbocycles. The monoisotopic (exact) mass is 337 g/mol. The van der Waals surface area contributed by atoms with Crippen LogP contribution in [0.3, 0.4) is 0 Å². The maximum absolute atomic E-state index is 8.71. The van der Waals surface area contributed by atoms with Crippen molar-refractivity contribution in [3.05, 3.63) is 30.6 Å². The van der Waals surface area contributed by atoms with Crippen LogP contribution < -0.4 is 20.7 Å². The van der Waals surface area contributed by atoms with Crippen LogP contribution in [0.4, 0.5) is 11.4 Å². The van der Waals surface area contributed by atoms with Crippen molar-refractivity contribution in [2.24, 2.45) is 0 Å². The van der Waals surface area contributed by atoms with Crippen LogP contribution in [-0.2, 0) is 0 Å². The Bertz CT molecular complexity index is 494. The Kier molecular flexibility index (Phi) is 9.72. The van der Waals surface area contributed by atoms with Crippen LogP contribution in [0.15, 0.2) is 30.6 Å². The highest BCUT2D eigenvalue weighted by Gasteiger charge is 2.17. The average molecular weight is 337 g/mol. The van der Waals surface area contributed by atoms with Crippen molar-refractivity contribution >= 4 is 11.4 Å². The summed E-state index contributed by atoms with van der Waals surface area (Å²) in [5, 5.41) is 10.7. The van der Waals surface area contributed by atoms with E-state index in [1.165, 1.54) is 0 Å². The number of nitrogen functional groups attached to an aromatic ring is 1. The fourth-order valence-corrected chi connectivity index (χ4v) is 2.49. The van der Waals surface area contributed by atoms with Gasteiger partial charge in [-0.1, -0.05) is 13.8 Å². The molecule has 0 saturated heterocycles.